The van der Waals surface area contributed by atoms with E-state index in [-0.39, 0.29) is 31.2 Å². The number of hydrogen-bond acceptors (Lipinski definition) is 7. The average molecular weight is 766 g/mol. The first-order valence-corrected chi connectivity index (χ1v) is 19.4. The normalized spacial score (nSPS) is 17.4. The number of alkyl carbamates (subject to hydrolysis) is 2. The van der Waals surface area contributed by atoms with E-state index in [4.69, 9.17) is 14.2 Å². The summed E-state index contributed by atoms with van der Waals surface area (Å²) in [6.45, 7) is 0.554. The van der Waals surface area contributed by atoms with Gasteiger partial charge in [-0.3, -0.25) is 9.69 Å². The third kappa shape index (κ3) is 5.53. The van der Waals surface area contributed by atoms with Crippen LogP contribution in [-0.2, 0) is 28.2 Å². The summed E-state index contributed by atoms with van der Waals surface area (Å²) in [6.07, 6.45) is -1.00. The van der Waals surface area contributed by atoms with E-state index in [1.165, 1.54) is 0 Å². The van der Waals surface area contributed by atoms with Crippen molar-refractivity contribution in [2.45, 2.75) is 36.7 Å². The van der Waals surface area contributed by atoms with Crippen molar-refractivity contribution in [1.29, 1.82) is 0 Å². The summed E-state index contributed by atoms with van der Waals surface area (Å²) in [5, 5.41) is 3.04. The molecule has 286 valence electrons. The molecule has 1 fully saturated rings. The number of carbonyl (C=O) groups excluding carboxylic acids is 3. The number of benzene rings is 6. The molecule has 0 radical (unpaired) electrons. The molecule has 3 atom stereocenters. The minimum atomic E-state index is -0.928. The molecular weight excluding hydrogens is 727 g/mol. The fourth-order valence-electron chi connectivity index (χ4n) is 9.77. The number of amides is 2. The summed E-state index contributed by atoms with van der Waals surface area (Å²) >= 11 is 0. The number of fused-ring (bicyclic) bond motifs is 8. The zero-order chi connectivity index (χ0) is 39.4. The Kier molecular flexibility index (Phi) is 8.68. The lowest BCUT2D eigenvalue weighted by Gasteiger charge is -2.39. The van der Waals surface area contributed by atoms with Crippen LogP contribution in [0, 0.1) is 0 Å². The fourth-order valence-corrected chi connectivity index (χ4v) is 9.77. The Labute approximate surface area is 335 Å². The van der Waals surface area contributed by atoms with Crippen molar-refractivity contribution in [2.75, 3.05) is 13.7 Å². The highest BCUT2D eigenvalue weighted by molar-refractivity contribution is 5.97. The van der Waals surface area contributed by atoms with E-state index in [0.717, 1.165) is 67.4 Å². The Morgan fingerprint density at radius 1 is 0.724 bits per heavy atom. The Hall–Kier alpha value is -6.97. The molecule has 2 aliphatic heterocycles. The van der Waals surface area contributed by atoms with Crippen molar-refractivity contribution in [3.8, 4) is 16.9 Å². The Morgan fingerprint density at radius 2 is 1.26 bits per heavy atom. The van der Waals surface area contributed by atoms with E-state index < -0.39 is 17.7 Å². The van der Waals surface area contributed by atoms with Crippen molar-refractivity contribution in [2.24, 2.45) is 0 Å². The van der Waals surface area contributed by atoms with Gasteiger partial charge in [0.05, 0.1) is 30.2 Å². The van der Waals surface area contributed by atoms with E-state index in [1.807, 2.05) is 60.7 Å². The van der Waals surface area contributed by atoms with Gasteiger partial charge in [0, 0.05) is 34.7 Å². The van der Waals surface area contributed by atoms with E-state index in [1.54, 1.807) is 13.2 Å². The lowest BCUT2D eigenvalue weighted by Crippen LogP contribution is -2.40. The van der Waals surface area contributed by atoms with Crippen molar-refractivity contribution in [1.82, 2.24) is 14.8 Å². The lowest BCUT2D eigenvalue weighted by molar-refractivity contribution is 0.112. The van der Waals surface area contributed by atoms with Gasteiger partial charge in [0.25, 0.3) is 0 Å². The molecule has 58 heavy (non-hydrogen) atoms. The third-order valence-corrected chi connectivity index (χ3v) is 12.1. The second kappa shape index (κ2) is 14.2. The van der Waals surface area contributed by atoms with Gasteiger partial charge in [0.15, 0.2) is 0 Å². The summed E-state index contributed by atoms with van der Waals surface area (Å²) in [4.78, 5) is 41.1. The number of nitrogens with zero attached hydrogens (tertiary/aromatic N) is 2. The number of hydrogen-bond donors (Lipinski definition) is 1. The summed E-state index contributed by atoms with van der Waals surface area (Å²) < 4.78 is 19.6. The summed E-state index contributed by atoms with van der Waals surface area (Å²) in [7, 11) is 1.57. The molecule has 2 amide bonds. The smallest absolute Gasteiger partial charge is 0.416 e. The maximum absolute atomic E-state index is 13.4. The monoisotopic (exact) mass is 765 g/mol. The molecule has 9 heteroatoms. The number of aromatic nitrogens is 1. The lowest BCUT2D eigenvalue weighted by atomic mass is 9.76. The maximum atomic E-state index is 13.4. The maximum Gasteiger partial charge on any atom is 0.416 e. The van der Waals surface area contributed by atoms with Crippen LogP contribution in [-0.4, -0.2) is 47.7 Å². The molecule has 10 rings (SSSR count). The fraction of sp³-hybridized carbons (Fsp3) is 0.163. The standard InChI is InChI=1S/C49H39N3O6/c1-56-43-26-31(28-53)25-41-44(43)40(30-58-48(55)50-47(54)57-29-39-37-23-13-11-21-35(37)36-22-12-14-24-38(36)39)45-46-42(27-51(41)45)52(46)49(32-15-5-2-6-16-32,33-17-7-3-8-18-33)34-19-9-4-10-20-34/h2-26,28,39,42,46H,27,29-30H2,1H3,(H,50,54,55)/t42-,46-,52?/m0/s1. The number of rotatable bonds is 10. The van der Waals surface area contributed by atoms with Crippen molar-refractivity contribution in [3.05, 3.63) is 196 Å². The quantitative estimate of drug-likeness (QED) is 0.0842. The van der Waals surface area contributed by atoms with Crippen LogP contribution in [0.3, 0.4) is 0 Å². The zero-order valence-corrected chi connectivity index (χ0v) is 31.7. The number of methoxy groups -OCH3 is 1. The zero-order valence-electron chi connectivity index (χ0n) is 31.7. The molecule has 1 unspecified atom stereocenters. The van der Waals surface area contributed by atoms with Crippen LogP contribution in [0.1, 0.15) is 61.4 Å². The Morgan fingerprint density at radius 3 is 1.81 bits per heavy atom. The van der Waals surface area contributed by atoms with Gasteiger partial charge in [0.2, 0.25) is 0 Å². The van der Waals surface area contributed by atoms with Crippen LogP contribution in [0.15, 0.2) is 152 Å². The molecule has 3 aliphatic rings. The van der Waals surface area contributed by atoms with Gasteiger partial charge >= 0.3 is 12.2 Å². The number of carbonyl (C=O) groups is 3. The highest BCUT2D eigenvalue weighted by Crippen LogP contribution is 2.63. The predicted octanol–water partition coefficient (Wildman–Crippen LogP) is 9.37. The molecule has 9 nitrogen and oxygen atoms in total. The summed E-state index contributed by atoms with van der Waals surface area (Å²) in [5.74, 6) is 0.346. The van der Waals surface area contributed by atoms with Crippen LogP contribution in [0.4, 0.5) is 9.59 Å². The third-order valence-electron chi connectivity index (χ3n) is 12.1. The molecule has 0 bridgehead atoms. The minimum absolute atomic E-state index is 0.0614. The van der Waals surface area contributed by atoms with Crippen LogP contribution in [0.2, 0.25) is 0 Å². The van der Waals surface area contributed by atoms with Gasteiger partial charge in [-0.2, -0.15) is 0 Å². The first kappa shape index (κ1) is 35.4. The summed E-state index contributed by atoms with van der Waals surface area (Å²) in [5.41, 5.74) is 10.1. The number of ether oxygens (including phenoxy) is 3. The second-order valence-corrected chi connectivity index (χ2v) is 15.0. The first-order chi connectivity index (χ1) is 28.5. The molecule has 1 aliphatic carbocycles. The number of imide groups is 1. The molecule has 1 aromatic heterocycles. The van der Waals surface area contributed by atoms with Crippen molar-refractivity contribution >= 4 is 29.4 Å². The number of aldehydes is 1. The van der Waals surface area contributed by atoms with E-state index in [0.29, 0.717) is 17.9 Å². The average Bonchev–Trinajstić information content (AvgIpc) is 3.52. The molecule has 7 aromatic rings. The van der Waals surface area contributed by atoms with Crippen molar-refractivity contribution < 1.29 is 28.6 Å². The molecule has 1 saturated heterocycles. The highest BCUT2D eigenvalue weighted by Gasteiger charge is 2.65. The van der Waals surface area contributed by atoms with Gasteiger partial charge in [0.1, 0.15) is 25.2 Å². The number of nitrogens with one attached hydrogen (secondary N) is 1. The molecule has 0 saturated carbocycles. The first-order valence-electron chi connectivity index (χ1n) is 19.4. The summed E-state index contributed by atoms with van der Waals surface area (Å²) in [6, 6.07) is 51.4. The van der Waals surface area contributed by atoms with Crippen molar-refractivity contribution in [3.63, 3.8) is 0 Å². The topological polar surface area (TPSA) is 98.9 Å². The SMILES string of the molecule is COc1cc(C=O)cc2c1c(COC(=O)NC(=O)OCC1c3ccccc3-c3ccccc31)c1n2C[C@H]2[C@@H]1N2C(c1ccccc1)(c1ccccc1)c1ccccc1. The highest BCUT2D eigenvalue weighted by atomic mass is 16.6. The van der Waals surface area contributed by atoms with E-state index in [9.17, 15) is 14.4 Å². The van der Waals surface area contributed by atoms with E-state index in [2.05, 4.69) is 99.7 Å². The van der Waals surface area contributed by atoms with Crippen LogP contribution < -0.4 is 10.1 Å². The molecule has 0 spiro atoms. The van der Waals surface area contributed by atoms with Crippen LogP contribution >= 0.6 is 0 Å². The molecule has 6 aromatic carbocycles. The van der Waals surface area contributed by atoms with Gasteiger partial charge < -0.3 is 18.8 Å². The van der Waals surface area contributed by atoms with Gasteiger partial charge in [-0.05, 0) is 51.1 Å². The van der Waals surface area contributed by atoms with Gasteiger partial charge in [-0.15, -0.1) is 0 Å². The molecular formula is C49H39N3O6. The Bertz CT molecular complexity index is 2570. The van der Waals surface area contributed by atoms with Gasteiger partial charge in [-0.1, -0.05) is 140 Å². The van der Waals surface area contributed by atoms with E-state index >= 15 is 0 Å². The largest absolute Gasteiger partial charge is 0.496 e. The van der Waals surface area contributed by atoms with Crippen LogP contribution in [0.5, 0.6) is 5.75 Å². The second-order valence-electron chi connectivity index (χ2n) is 15.0. The van der Waals surface area contributed by atoms with Crippen LogP contribution in [0.25, 0.3) is 22.0 Å². The molecule has 3 heterocycles. The predicted molar refractivity (Wildman–Crippen MR) is 220 cm³/mol. The van der Waals surface area contributed by atoms with Gasteiger partial charge in [-0.25, -0.2) is 14.9 Å². The molecule has 1 N–H and O–H groups in total. The Balaban J connectivity index is 0.972. The minimum Gasteiger partial charge on any atom is -0.496 e.